The average Bonchev–Trinajstić information content (AvgIpc) is 2.72. The summed E-state index contributed by atoms with van der Waals surface area (Å²) in [5.74, 6) is 4.82. The van der Waals surface area contributed by atoms with Crippen LogP contribution in [0.25, 0.3) is 11.6 Å². The Kier molecular flexibility index (Phi) is 11.5. The summed E-state index contributed by atoms with van der Waals surface area (Å²) in [5.41, 5.74) is 6.62. The van der Waals surface area contributed by atoms with Crippen LogP contribution in [0.3, 0.4) is 0 Å². The lowest BCUT2D eigenvalue weighted by Crippen LogP contribution is -2.14. The van der Waals surface area contributed by atoms with Gasteiger partial charge >= 0.3 is 0 Å². The van der Waals surface area contributed by atoms with Gasteiger partial charge in [0.1, 0.15) is 5.82 Å². The standard InChI is InChI=1S/C22H27FN2OS2.C2H6/c1-5-28(4,26)25-21-8-6-7-18(14-21)13-17(2)22-10-9-20(23)15-19(22)11-12-27-16-24-3;1-2/h6-10,13-16H,4-5,11-12H2,1-3H3,(H,25,26);1-2H3/b17-13-,24-16?;. The Bertz CT molecular complexity index is 967. The van der Waals surface area contributed by atoms with Crippen molar-refractivity contribution in [3.05, 3.63) is 65.0 Å². The molecule has 6 heteroatoms. The van der Waals surface area contributed by atoms with Crippen molar-refractivity contribution in [2.24, 2.45) is 4.99 Å². The topological polar surface area (TPSA) is 41.5 Å². The summed E-state index contributed by atoms with van der Waals surface area (Å²) in [4.78, 5) is 3.96. The highest BCUT2D eigenvalue weighted by Crippen LogP contribution is 2.25. The lowest BCUT2D eigenvalue weighted by molar-refractivity contribution is 0.625. The van der Waals surface area contributed by atoms with Gasteiger partial charge in [-0.05, 0) is 65.7 Å². The average molecular weight is 449 g/mol. The van der Waals surface area contributed by atoms with E-state index in [0.29, 0.717) is 5.75 Å². The summed E-state index contributed by atoms with van der Waals surface area (Å²) < 4.78 is 29.0. The molecule has 0 heterocycles. The summed E-state index contributed by atoms with van der Waals surface area (Å²) in [6.07, 6.45) is 2.82. The monoisotopic (exact) mass is 448 g/mol. The van der Waals surface area contributed by atoms with Crippen LogP contribution in [0.4, 0.5) is 10.1 Å². The molecule has 164 valence electrons. The Labute approximate surface area is 186 Å². The number of anilines is 1. The molecule has 0 radical (unpaired) electrons. The maximum atomic E-state index is 13.8. The molecule has 0 aromatic heterocycles. The van der Waals surface area contributed by atoms with Gasteiger partial charge in [0, 0.05) is 33.9 Å². The number of aliphatic imine (C=N–C) groups is 1. The van der Waals surface area contributed by atoms with Crippen molar-refractivity contribution in [2.75, 3.05) is 23.3 Å². The molecule has 0 saturated heterocycles. The molecule has 0 amide bonds. The van der Waals surface area contributed by atoms with Crippen molar-refractivity contribution in [3.63, 3.8) is 0 Å². The highest BCUT2D eigenvalue weighted by molar-refractivity contribution is 8.12. The molecule has 1 N–H and O–H groups in total. The minimum atomic E-state index is -2.32. The van der Waals surface area contributed by atoms with Crippen LogP contribution >= 0.6 is 11.8 Å². The molecule has 2 rings (SSSR count). The largest absolute Gasteiger partial charge is 0.313 e. The SMILES string of the molecule is C=S(=O)(CC)Nc1cccc(/C=C(/C)c2ccc(F)cc2CCSC=NC)c1.CC. The number of hydrogen-bond donors (Lipinski definition) is 1. The van der Waals surface area contributed by atoms with Gasteiger partial charge in [-0.2, -0.15) is 0 Å². The zero-order valence-corrected chi connectivity index (χ0v) is 20.2. The van der Waals surface area contributed by atoms with Crippen LogP contribution in [0, 0.1) is 5.82 Å². The second-order valence-electron chi connectivity index (χ2n) is 6.44. The van der Waals surface area contributed by atoms with E-state index < -0.39 is 9.71 Å². The van der Waals surface area contributed by atoms with Crippen molar-refractivity contribution in [3.8, 4) is 0 Å². The second kappa shape index (κ2) is 13.3. The van der Waals surface area contributed by atoms with Crippen LogP contribution in [-0.4, -0.2) is 34.2 Å². The van der Waals surface area contributed by atoms with Gasteiger partial charge in [0.2, 0.25) is 0 Å². The number of halogens is 1. The Balaban J connectivity index is 0.00000218. The first-order valence-corrected chi connectivity index (χ1v) is 13.0. The lowest BCUT2D eigenvalue weighted by atomic mass is 9.97. The maximum Gasteiger partial charge on any atom is 0.123 e. The van der Waals surface area contributed by atoms with Crippen molar-refractivity contribution in [2.45, 2.75) is 34.1 Å². The van der Waals surface area contributed by atoms with Crippen molar-refractivity contribution in [1.82, 2.24) is 0 Å². The third-order valence-corrected chi connectivity index (χ3v) is 6.54. The summed E-state index contributed by atoms with van der Waals surface area (Å²) in [6.45, 7) is 7.87. The van der Waals surface area contributed by atoms with Crippen LogP contribution < -0.4 is 4.72 Å². The van der Waals surface area contributed by atoms with E-state index in [1.165, 1.54) is 6.07 Å². The smallest absolute Gasteiger partial charge is 0.123 e. The predicted octanol–water partition coefficient (Wildman–Crippen LogP) is 6.41. The molecule has 0 fully saturated rings. The van der Waals surface area contributed by atoms with Crippen molar-refractivity contribution < 1.29 is 8.60 Å². The quantitative estimate of drug-likeness (QED) is 0.158. The normalized spacial score (nSPS) is 13.5. The third kappa shape index (κ3) is 8.76. The molecule has 0 bridgehead atoms. The number of benzene rings is 2. The van der Waals surface area contributed by atoms with E-state index in [1.807, 2.05) is 58.0 Å². The minimum absolute atomic E-state index is 0.225. The predicted molar refractivity (Wildman–Crippen MR) is 138 cm³/mol. The van der Waals surface area contributed by atoms with Crippen LogP contribution in [0.15, 0.2) is 47.5 Å². The fourth-order valence-corrected chi connectivity index (χ4v) is 4.05. The van der Waals surface area contributed by atoms with E-state index in [0.717, 1.165) is 40.1 Å². The number of thioether (sulfide) groups is 1. The highest BCUT2D eigenvalue weighted by atomic mass is 32.2. The van der Waals surface area contributed by atoms with Gasteiger partial charge in [-0.3, -0.25) is 4.99 Å². The lowest BCUT2D eigenvalue weighted by Gasteiger charge is -2.12. The van der Waals surface area contributed by atoms with Crippen LogP contribution in [0.5, 0.6) is 0 Å². The van der Waals surface area contributed by atoms with Crippen LogP contribution in [0.1, 0.15) is 44.4 Å². The third-order valence-electron chi connectivity index (χ3n) is 4.20. The molecule has 3 nitrogen and oxygen atoms in total. The number of nitrogens with zero attached hydrogens (tertiary/aromatic N) is 1. The van der Waals surface area contributed by atoms with E-state index in [1.54, 1.807) is 30.4 Å². The first-order chi connectivity index (χ1) is 14.3. The zero-order chi connectivity index (χ0) is 22.6. The molecule has 0 aliphatic carbocycles. The van der Waals surface area contributed by atoms with Gasteiger partial charge in [0.15, 0.2) is 0 Å². The fourth-order valence-electron chi connectivity index (χ4n) is 2.76. The summed E-state index contributed by atoms with van der Waals surface area (Å²) >= 11 is 1.61. The molecule has 30 heavy (non-hydrogen) atoms. The van der Waals surface area contributed by atoms with Crippen molar-refractivity contribution in [1.29, 1.82) is 0 Å². The van der Waals surface area contributed by atoms with Gasteiger partial charge in [-0.15, -0.1) is 11.8 Å². The maximum absolute atomic E-state index is 13.8. The van der Waals surface area contributed by atoms with Gasteiger partial charge in [-0.1, -0.05) is 45.0 Å². The minimum Gasteiger partial charge on any atom is -0.313 e. The van der Waals surface area contributed by atoms with Gasteiger partial charge in [0.25, 0.3) is 0 Å². The first kappa shape index (κ1) is 26.0. The Morgan fingerprint density at radius 1 is 1.27 bits per heavy atom. The van der Waals surface area contributed by atoms with E-state index >= 15 is 0 Å². The van der Waals surface area contributed by atoms with Gasteiger partial charge < -0.3 is 4.72 Å². The molecular weight excluding hydrogens is 415 g/mol. The molecule has 2 aromatic rings. The number of hydrogen-bond acceptors (Lipinski definition) is 3. The molecular formula is C24H33FN2OS2. The Hall–Kier alpha value is -2.05. The number of nitrogens with one attached hydrogen (secondary N) is 1. The van der Waals surface area contributed by atoms with E-state index in [2.05, 4.69) is 21.7 Å². The molecule has 1 unspecified atom stereocenters. The summed E-state index contributed by atoms with van der Waals surface area (Å²) in [6, 6.07) is 12.7. The molecule has 1 atom stereocenters. The summed E-state index contributed by atoms with van der Waals surface area (Å²) in [7, 11) is -0.582. The molecule has 0 aliphatic rings. The number of allylic oxidation sites excluding steroid dienone is 1. The molecule has 0 saturated carbocycles. The second-order valence-corrected chi connectivity index (χ2v) is 9.80. The van der Waals surface area contributed by atoms with E-state index in [-0.39, 0.29) is 5.82 Å². The Morgan fingerprint density at radius 2 is 2.00 bits per heavy atom. The van der Waals surface area contributed by atoms with E-state index in [9.17, 15) is 8.60 Å². The van der Waals surface area contributed by atoms with Crippen LogP contribution in [0.2, 0.25) is 0 Å². The van der Waals surface area contributed by atoms with Gasteiger partial charge in [0.05, 0.1) is 5.55 Å². The van der Waals surface area contributed by atoms with Crippen LogP contribution in [-0.2, 0) is 16.1 Å². The summed E-state index contributed by atoms with van der Waals surface area (Å²) in [5, 5.41) is 0. The van der Waals surface area contributed by atoms with E-state index in [4.69, 9.17) is 0 Å². The Morgan fingerprint density at radius 3 is 2.67 bits per heavy atom. The molecule has 2 aromatic carbocycles. The van der Waals surface area contributed by atoms with Crippen molar-refractivity contribution >= 4 is 50.2 Å². The molecule has 0 spiro atoms. The number of aryl methyl sites for hydroxylation is 1. The first-order valence-electron chi connectivity index (χ1n) is 10.1. The van der Waals surface area contributed by atoms with Gasteiger partial charge in [-0.25, -0.2) is 8.60 Å². The fraction of sp³-hybridized carbons (Fsp3) is 0.333. The zero-order valence-electron chi connectivity index (χ0n) is 18.6. The number of rotatable bonds is 9. The molecule has 0 aliphatic heterocycles. The highest BCUT2D eigenvalue weighted by Gasteiger charge is 2.07.